The third-order valence-electron chi connectivity index (χ3n) is 3.38. The lowest BCUT2D eigenvalue weighted by molar-refractivity contribution is 0.0697. The Morgan fingerprint density at radius 3 is 2.64 bits per heavy atom. The molecule has 0 fully saturated rings. The standard InChI is InChI=1S/C17H13ClN2O2/c18-9-12-4-6-13(7-5-12)16-10-20(11-19-16)15-3-1-2-14(8-15)17(21)22/h1-8,10-11H,9H2,(H,21,22). The van der Waals surface area contributed by atoms with E-state index >= 15 is 0 Å². The number of rotatable bonds is 4. The number of imidazole rings is 1. The molecule has 0 aliphatic rings. The summed E-state index contributed by atoms with van der Waals surface area (Å²) >= 11 is 5.78. The first-order chi connectivity index (χ1) is 10.7. The number of alkyl halides is 1. The van der Waals surface area contributed by atoms with Crippen LogP contribution >= 0.6 is 11.6 Å². The summed E-state index contributed by atoms with van der Waals surface area (Å²) in [4.78, 5) is 15.4. The van der Waals surface area contributed by atoms with Crippen molar-refractivity contribution in [3.63, 3.8) is 0 Å². The van der Waals surface area contributed by atoms with E-state index in [4.69, 9.17) is 16.7 Å². The molecule has 0 aliphatic heterocycles. The summed E-state index contributed by atoms with van der Waals surface area (Å²) in [6.45, 7) is 0. The zero-order chi connectivity index (χ0) is 15.5. The number of aromatic carboxylic acids is 1. The molecule has 0 spiro atoms. The maximum atomic E-state index is 11.0. The van der Waals surface area contributed by atoms with Crippen molar-refractivity contribution < 1.29 is 9.90 Å². The number of carboxylic acid groups (broad SMARTS) is 1. The molecule has 0 aliphatic carbocycles. The number of carbonyl (C=O) groups is 1. The quantitative estimate of drug-likeness (QED) is 0.741. The van der Waals surface area contributed by atoms with Crippen LogP contribution in [0.4, 0.5) is 0 Å². The summed E-state index contributed by atoms with van der Waals surface area (Å²) in [5.74, 6) is -0.463. The number of aromatic nitrogens is 2. The lowest BCUT2D eigenvalue weighted by atomic mass is 10.1. The molecule has 3 aromatic rings. The van der Waals surface area contributed by atoms with Crippen LogP contribution in [-0.2, 0) is 5.88 Å². The molecule has 0 radical (unpaired) electrons. The van der Waals surface area contributed by atoms with Gasteiger partial charge < -0.3 is 9.67 Å². The summed E-state index contributed by atoms with van der Waals surface area (Å²) in [5, 5.41) is 9.05. The van der Waals surface area contributed by atoms with E-state index in [-0.39, 0.29) is 5.56 Å². The second-order valence-corrected chi connectivity index (χ2v) is 5.12. The van der Waals surface area contributed by atoms with Gasteiger partial charge in [-0.2, -0.15) is 0 Å². The molecule has 0 amide bonds. The predicted octanol–water partition coefficient (Wildman–Crippen LogP) is 3.98. The molecule has 1 N–H and O–H groups in total. The van der Waals surface area contributed by atoms with Crippen molar-refractivity contribution in [2.75, 3.05) is 0 Å². The molecule has 110 valence electrons. The van der Waals surface area contributed by atoms with E-state index in [1.165, 1.54) is 0 Å². The Balaban J connectivity index is 1.93. The number of benzene rings is 2. The average molecular weight is 313 g/mol. The highest BCUT2D eigenvalue weighted by Crippen LogP contribution is 2.20. The van der Waals surface area contributed by atoms with Gasteiger partial charge in [-0.15, -0.1) is 11.6 Å². The normalized spacial score (nSPS) is 10.6. The zero-order valence-corrected chi connectivity index (χ0v) is 12.4. The van der Waals surface area contributed by atoms with Crippen LogP contribution in [0.5, 0.6) is 0 Å². The Morgan fingerprint density at radius 2 is 1.95 bits per heavy atom. The van der Waals surface area contributed by atoms with Crippen LogP contribution < -0.4 is 0 Å². The molecule has 0 saturated carbocycles. The molecule has 0 saturated heterocycles. The van der Waals surface area contributed by atoms with Crippen molar-refractivity contribution >= 4 is 17.6 Å². The molecule has 2 aromatic carbocycles. The van der Waals surface area contributed by atoms with Gasteiger partial charge in [0.05, 0.1) is 17.6 Å². The monoisotopic (exact) mass is 312 g/mol. The number of hydrogen-bond donors (Lipinski definition) is 1. The first-order valence-corrected chi connectivity index (χ1v) is 7.24. The Hall–Kier alpha value is -2.59. The van der Waals surface area contributed by atoms with Gasteiger partial charge in [-0.1, -0.05) is 30.3 Å². The van der Waals surface area contributed by atoms with Crippen LogP contribution in [0.2, 0.25) is 0 Å². The Bertz CT molecular complexity index is 810. The minimum Gasteiger partial charge on any atom is -0.478 e. The summed E-state index contributed by atoms with van der Waals surface area (Å²) in [5.41, 5.74) is 3.87. The van der Waals surface area contributed by atoms with Crippen LogP contribution in [-0.4, -0.2) is 20.6 Å². The largest absolute Gasteiger partial charge is 0.478 e. The van der Waals surface area contributed by atoms with Crippen LogP contribution in [0.25, 0.3) is 16.9 Å². The van der Waals surface area contributed by atoms with E-state index in [0.717, 1.165) is 22.5 Å². The van der Waals surface area contributed by atoms with E-state index in [0.29, 0.717) is 5.88 Å². The summed E-state index contributed by atoms with van der Waals surface area (Å²) in [6.07, 6.45) is 3.54. The Kier molecular flexibility index (Phi) is 3.94. The van der Waals surface area contributed by atoms with E-state index in [1.54, 1.807) is 29.1 Å². The van der Waals surface area contributed by atoms with Gasteiger partial charge in [-0.3, -0.25) is 0 Å². The molecule has 0 unspecified atom stereocenters. The molecule has 0 atom stereocenters. The van der Waals surface area contributed by atoms with Crippen molar-refractivity contribution in [2.24, 2.45) is 0 Å². The number of nitrogens with zero attached hydrogens (tertiary/aromatic N) is 2. The first-order valence-electron chi connectivity index (χ1n) is 6.70. The SMILES string of the molecule is O=C(O)c1cccc(-n2cnc(-c3ccc(CCl)cc3)c2)c1. The van der Waals surface area contributed by atoms with E-state index in [9.17, 15) is 4.79 Å². The minimum atomic E-state index is -0.946. The lowest BCUT2D eigenvalue weighted by Crippen LogP contribution is -1.98. The highest BCUT2D eigenvalue weighted by Gasteiger charge is 2.07. The van der Waals surface area contributed by atoms with Gasteiger partial charge in [0.2, 0.25) is 0 Å². The molecule has 22 heavy (non-hydrogen) atoms. The van der Waals surface area contributed by atoms with Crippen molar-refractivity contribution in [2.45, 2.75) is 5.88 Å². The minimum absolute atomic E-state index is 0.249. The van der Waals surface area contributed by atoms with Crippen LogP contribution in [0.3, 0.4) is 0 Å². The fourth-order valence-electron chi connectivity index (χ4n) is 2.18. The smallest absolute Gasteiger partial charge is 0.335 e. The summed E-state index contributed by atoms with van der Waals surface area (Å²) in [6, 6.07) is 14.6. The van der Waals surface area contributed by atoms with E-state index < -0.39 is 5.97 Å². The van der Waals surface area contributed by atoms with E-state index in [1.807, 2.05) is 36.5 Å². The molecule has 5 heteroatoms. The van der Waals surface area contributed by atoms with Crippen molar-refractivity contribution in [1.29, 1.82) is 0 Å². The number of carboxylic acids is 1. The van der Waals surface area contributed by atoms with Gasteiger partial charge in [0.25, 0.3) is 0 Å². The van der Waals surface area contributed by atoms with Crippen molar-refractivity contribution in [3.05, 3.63) is 72.2 Å². The van der Waals surface area contributed by atoms with Crippen LogP contribution in [0, 0.1) is 0 Å². The summed E-state index contributed by atoms with van der Waals surface area (Å²) < 4.78 is 1.80. The third kappa shape index (κ3) is 2.87. The average Bonchev–Trinajstić information content (AvgIpc) is 3.05. The Labute approximate surface area is 132 Å². The molecule has 3 rings (SSSR count). The Morgan fingerprint density at radius 1 is 1.18 bits per heavy atom. The first kappa shape index (κ1) is 14.4. The number of halogens is 1. The van der Waals surface area contributed by atoms with Gasteiger partial charge in [-0.05, 0) is 23.8 Å². The highest BCUT2D eigenvalue weighted by molar-refractivity contribution is 6.17. The van der Waals surface area contributed by atoms with Gasteiger partial charge in [0.15, 0.2) is 0 Å². The van der Waals surface area contributed by atoms with Gasteiger partial charge >= 0.3 is 5.97 Å². The van der Waals surface area contributed by atoms with Crippen LogP contribution in [0.1, 0.15) is 15.9 Å². The van der Waals surface area contributed by atoms with Gasteiger partial charge in [0, 0.05) is 23.3 Å². The fraction of sp³-hybridized carbons (Fsp3) is 0.0588. The van der Waals surface area contributed by atoms with Crippen molar-refractivity contribution in [3.8, 4) is 16.9 Å². The highest BCUT2D eigenvalue weighted by atomic mass is 35.5. The zero-order valence-electron chi connectivity index (χ0n) is 11.6. The van der Waals surface area contributed by atoms with Crippen molar-refractivity contribution in [1.82, 2.24) is 9.55 Å². The maximum absolute atomic E-state index is 11.0. The predicted molar refractivity (Wildman–Crippen MR) is 85.5 cm³/mol. The topological polar surface area (TPSA) is 55.1 Å². The second kappa shape index (κ2) is 6.03. The third-order valence-corrected chi connectivity index (χ3v) is 3.69. The fourth-order valence-corrected chi connectivity index (χ4v) is 2.36. The number of hydrogen-bond acceptors (Lipinski definition) is 2. The lowest BCUT2D eigenvalue weighted by Gasteiger charge is -2.03. The summed E-state index contributed by atoms with van der Waals surface area (Å²) in [7, 11) is 0. The molecule has 1 aromatic heterocycles. The van der Waals surface area contributed by atoms with E-state index in [2.05, 4.69) is 4.98 Å². The maximum Gasteiger partial charge on any atom is 0.335 e. The molecule has 1 heterocycles. The molecule has 4 nitrogen and oxygen atoms in total. The second-order valence-electron chi connectivity index (χ2n) is 4.85. The van der Waals surface area contributed by atoms with Gasteiger partial charge in [0.1, 0.15) is 0 Å². The molecular formula is C17H13ClN2O2. The molecule has 0 bridgehead atoms. The van der Waals surface area contributed by atoms with Crippen LogP contribution in [0.15, 0.2) is 61.1 Å². The molecular weight excluding hydrogens is 300 g/mol. The van der Waals surface area contributed by atoms with Gasteiger partial charge in [-0.25, -0.2) is 9.78 Å².